The van der Waals surface area contributed by atoms with E-state index in [2.05, 4.69) is 10.1 Å². The molecule has 4 rings (SSSR count). The maximum atomic E-state index is 13.9. The third kappa shape index (κ3) is 3.51. The molecule has 0 amide bonds. The number of rotatable bonds is 4. The number of benzene rings is 1. The fourth-order valence-corrected chi connectivity index (χ4v) is 5.30. The minimum absolute atomic E-state index is 0.177. The molecule has 0 saturated carbocycles. The van der Waals surface area contributed by atoms with Crippen LogP contribution in [0.1, 0.15) is 29.9 Å². The van der Waals surface area contributed by atoms with E-state index in [-0.39, 0.29) is 13.1 Å². The largest absolute Gasteiger partial charge is 0.361 e. The summed E-state index contributed by atoms with van der Waals surface area (Å²) in [6.45, 7) is 1.89. The second-order valence-electron chi connectivity index (χ2n) is 6.97. The van der Waals surface area contributed by atoms with Gasteiger partial charge in [-0.3, -0.25) is 4.90 Å². The SMILES string of the molecule is O=S(=O)(c1c(F)cccc1F)N1CCN(Cc2noc3c2CCCC3)CC1. The third-order valence-corrected chi connectivity index (χ3v) is 7.20. The first-order valence-electron chi connectivity index (χ1n) is 9.09. The van der Waals surface area contributed by atoms with Crippen molar-refractivity contribution < 1.29 is 21.7 Å². The maximum absolute atomic E-state index is 13.9. The number of hydrogen-bond donors (Lipinski definition) is 0. The van der Waals surface area contributed by atoms with Gasteiger partial charge in [0.25, 0.3) is 0 Å². The second kappa shape index (κ2) is 7.29. The van der Waals surface area contributed by atoms with E-state index in [1.807, 2.05) is 0 Å². The van der Waals surface area contributed by atoms with Crippen LogP contribution < -0.4 is 0 Å². The summed E-state index contributed by atoms with van der Waals surface area (Å²) in [7, 11) is -4.20. The lowest BCUT2D eigenvalue weighted by atomic mass is 9.96. The van der Waals surface area contributed by atoms with Gasteiger partial charge in [-0.25, -0.2) is 17.2 Å². The van der Waals surface area contributed by atoms with Gasteiger partial charge in [0.15, 0.2) is 4.90 Å². The summed E-state index contributed by atoms with van der Waals surface area (Å²) in [4.78, 5) is 1.22. The number of hydrogen-bond acceptors (Lipinski definition) is 5. The summed E-state index contributed by atoms with van der Waals surface area (Å²) >= 11 is 0. The molecule has 1 aliphatic carbocycles. The van der Waals surface area contributed by atoms with Crippen molar-refractivity contribution in [2.24, 2.45) is 0 Å². The molecule has 1 saturated heterocycles. The van der Waals surface area contributed by atoms with Crippen LogP contribution in [0, 0.1) is 11.6 Å². The van der Waals surface area contributed by atoms with Crippen LogP contribution in [0.4, 0.5) is 8.78 Å². The van der Waals surface area contributed by atoms with Crippen LogP contribution in [0.2, 0.25) is 0 Å². The van der Waals surface area contributed by atoms with Crippen molar-refractivity contribution in [3.05, 3.63) is 46.9 Å². The van der Waals surface area contributed by atoms with E-state index in [1.165, 1.54) is 5.56 Å². The summed E-state index contributed by atoms with van der Waals surface area (Å²) in [6.07, 6.45) is 4.13. The van der Waals surface area contributed by atoms with Gasteiger partial charge in [0.2, 0.25) is 10.0 Å². The molecule has 0 bridgehead atoms. The monoisotopic (exact) mass is 397 g/mol. The van der Waals surface area contributed by atoms with E-state index in [0.29, 0.717) is 19.6 Å². The van der Waals surface area contributed by atoms with Crippen molar-refractivity contribution in [2.45, 2.75) is 37.1 Å². The van der Waals surface area contributed by atoms with E-state index >= 15 is 0 Å². The highest BCUT2D eigenvalue weighted by molar-refractivity contribution is 7.89. The molecule has 2 heterocycles. The first-order chi connectivity index (χ1) is 13.0. The second-order valence-corrected chi connectivity index (χ2v) is 8.84. The fraction of sp³-hybridized carbons (Fsp3) is 0.500. The van der Waals surface area contributed by atoms with Gasteiger partial charge in [0.1, 0.15) is 23.1 Å². The molecule has 2 aromatic rings. The predicted octanol–water partition coefficient (Wildman–Crippen LogP) is 2.34. The Kier molecular flexibility index (Phi) is 5.00. The van der Waals surface area contributed by atoms with Crippen LogP contribution in [-0.2, 0) is 29.4 Å². The Morgan fingerprint density at radius 3 is 2.41 bits per heavy atom. The standard InChI is InChI=1S/C18H21F2N3O3S/c19-14-5-3-6-15(20)18(14)27(24,25)23-10-8-22(9-11-23)12-16-13-4-1-2-7-17(13)26-21-16/h3,5-6H,1-2,4,7-12H2. The smallest absolute Gasteiger partial charge is 0.249 e. The zero-order valence-electron chi connectivity index (χ0n) is 14.8. The molecule has 0 N–H and O–H groups in total. The van der Waals surface area contributed by atoms with Crippen LogP contribution in [0.25, 0.3) is 0 Å². The van der Waals surface area contributed by atoms with Crippen LogP contribution >= 0.6 is 0 Å². The summed E-state index contributed by atoms with van der Waals surface area (Å²) in [5.74, 6) is -1.16. The molecule has 0 atom stereocenters. The quantitative estimate of drug-likeness (QED) is 0.792. The van der Waals surface area contributed by atoms with Crippen LogP contribution in [-0.4, -0.2) is 49.0 Å². The normalized spacial score (nSPS) is 19.2. The topological polar surface area (TPSA) is 66.7 Å². The summed E-state index contributed by atoms with van der Waals surface area (Å²) in [5.41, 5.74) is 2.10. The van der Waals surface area contributed by atoms with E-state index in [1.54, 1.807) is 0 Å². The number of piperazine rings is 1. The lowest BCUT2D eigenvalue weighted by Gasteiger charge is -2.33. The first-order valence-corrected chi connectivity index (χ1v) is 10.5. The number of nitrogens with zero attached hydrogens (tertiary/aromatic N) is 3. The number of aryl methyl sites for hydroxylation is 1. The van der Waals surface area contributed by atoms with Gasteiger partial charge in [-0.15, -0.1) is 0 Å². The lowest BCUT2D eigenvalue weighted by molar-refractivity contribution is 0.177. The molecule has 27 heavy (non-hydrogen) atoms. The van der Waals surface area contributed by atoms with E-state index in [9.17, 15) is 17.2 Å². The number of sulfonamides is 1. The van der Waals surface area contributed by atoms with Crippen molar-refractivity contribution in [1.29, 1.82) is 0 Å². The lowest BCUT2D eigenvalue weighted by Crippen LogP contribution is -2.48. The van der Waals surface area contributed by atoms with E-state index in [4.69, 9.17) is 4.52 Å². The number of halogens is 2. The molecule has 1 fully saturated rings. The fourth-order valence-electron chi connectivity index (χ4n) is 3.77. The Morgan fingerprint density at radius 2 is 1.70 bits per heavy atom. The Bertz CT molecular complexity index is 917. The zero-order valence-corrected chi connectivity index (χ0v) is 15.6. The highest BCUT2D eigenvalue weighted by Gasteiger charge is 2.33. The Hall–Kier alpha value is -1.84. The van der Waals surface area contributed by atoms with E-state index in [0.717, 1.165) is 59.6 Å². The van der Waals surface area contributed by atoms with Crippen molar-refractivity contribution >= 4 is 10.0 Å². The van der Waals surface area contributed by atoms with Gasteiger partial charge in [-0.2, -0.15) is 4.31 Å². The summed E-state index contributed by atoms with van der Waals surface area (Å²) in [6, 6.07) is 3.07. The molecule has 2 aliphatic rings. The van der Waals surface area contributed by atoms with Gasteiger partial charge < -0.3 is 4.52 Å². The molecular formula is C18H21F2N3O3S. The van der Waals surface area contributed by atoms with Crippen molar-refractivity contribution in [1.82, 2.24) is 14.4 Å². The van der Waals surface area contributed by atoms with Gasteiger partial charge in [-0.1, -0.05) is 11.2 Å². The molecule has 1 aromatic carbocycles. The minimum Gasteiger partial charge on any atom is -0.361 e. The molecule has 9 heteroatoms. The Labute approximate surface area is 156 Å². The highest BCUT2D eigenvalue weighted by Crippen LogP contribution is 2.27. The molecular weight excluding hydrogens is 376 g/mol. The summed E-state index contributed by atoms with van der Waals surface area (Å²) < 4.78 is 59.7. The van der Waals surface area contributed by atoms with Crippen LogP contribution in [0.15, 0.2) is 27.6 Å². The molecule has 6 nitrogen and oxygen atoms in total. The Morgan fingerprint density at radius 1 is 1.04 bits per heavy atom. The summed E-state index contributed by atoms with van der Waals surface area (Å²) in [5, 5.41) is 4.18. The van der Waals surface area contributed by atoms with Crippen LogP contribution in [0.3, 0.4) is 0 Å². The predicted molar refractivity (Wildman–Crippen MR) is 93.5 cm³/mol. The number of aromatic nitrogens is 1. The van der Waals surface area contributed by atoms with Crippen molar-refractivity contribution in [3.63, 3.8) is 0 Å². The molecule has 0 spiro atoms. The molecule has 0 unspecified atom stereocenters. The van der Waals surface area contributed by atoms with Gasteiger partial charge in [-0.05, 0) is 31.4 Å². The van der Waals surface area contributed by atoms with E-state index < -0.39 is 26.6 Å². The molecule has 146 valence electrons. The molecule has 1 aliphatic heterocycles. The third-order valence-electron chi connectivity index (χ3n) is 5.25. The average molecular weight is 397 g/mol. The number of fused-ring (bicyclic) bond motifs is 1. The minimum atomic E-state index is -4.20. The van der Waals surface area contributed by atoms with Crippen molar-refractivity contribution in [3.8, 4) is 0 Å². The van der Waals surface area contributed by atoms with Gasteiger partial charge in [0.05, 0.1) is 0 Å². The van der Waals surface area contributed by atoms with Crippen LogP contribution in [0.5, 0.6) is 0 Å². The molecule has 0 radical (unpaired) electrons. The Balaban J connectivity index is 1.44. The zero-order chi connectivity index (χ0) is 19.0. The van der Waals surface area contributed by atoms with Crippen molar-refractivity contribution in [2.75, 3.05) is 26.2 Å². The average Bonchev–Trinajstić information content (AvgIpc) is 3.05. The maximum Gasteiger partial charge on any atom is 0.249 e. The van der Waals surface area contributed by atoms with Gasteiger partial charge in [0, 0.05) is 44.7 Å². The van der Waals surface area contributed by atoms with Gasteiger partial charge >= 0.3 is 0 Å². The first kappa shape index (κ1) is 18.5. The highest BCUT2D eigenvalue weighted by atomic mass is 32.2. The molecule has 1 aromatic heterocycles.